The molecule has 1 saturated heterocycles. The van der Waals surface area contributed by atoms with Crippen molar-refractivity contribution in [2.45, 2.75) is 31.7 Å². The number of likely N-dealkylation sites (N-methyl/N-ethyl adjacent to an activating group) is 1. The van der Waals surface area contributed by atoms with E-state index in [1.54, 1.807) is 0 Å². The monoisotopic (exact) mass is 285 g/mol. The highest BCUT2D eigenvalue weighted by atomic mass is 15.1. The lowest BCUT2D eigenvalue weighted by Gasteiger charge is -2.34. The molecule has 0 aromatic heterocycles. The van der Waals surface area contributed by atoms with Crippen LogP contribution in [0.1, 0.15) is 31.2 Å². The Morgan fingerprint density at radius 3 is 2.33 bits per heavy atom. The van der Waals surface area contributed by atoms with Crippen molar-refractivity contribution in [1.29, 1.82) is 5.26 Å². The van der Waals surface area contributed by atoms with Crippen molar-refractivity contribution in [3.05, 3.63) is 35.9 Å². The quantitative estimate of drug-likeness (QED) is 0.805. The minimum atomic E-state index is 0.0444. The average Bonchev–Trinajstić information content (AvgIpc) is 3.00. The van der Waals surface area contributed by atoms with Gasteiger partial charge in [0.15, 0.2) is 0 Å². The second-order valence-electron chi connectivity index (χ2n) is 6.38. The van der Waals surface area contributed by atoms with Crippen LogP contribution in [0.25, 0.3) is 0 Å². The smallest absolute Gasteiger partial charge is 0.0676 e. The van der Waals surface area contributed by atoms with Gasteiger partial charge in [-0.2, -0.15) is 5.26 Å². The molecule has 1 heterocycles. The minimum absolute atomic E-state index is 0.0444. The summed E-state index contributed by atoms with van der Waals surface area (Å²) in [4.78, 5) is 4.68. The van der Waals surface area contributed by atoms with Gasteiger partial charge < -0.3 is 9.80 Å². The van der Waals surface area contributed by atoms with E-state index in [9.17, 15) is 5.26 Å². The summed E-state index contributed by atoms with van der Waals surface area (Å²) in [6.45, 7) is 5.42. The van der Waals surface area contributed by atoms with Crippen molar-refractivity contribution in [2.24, 2.45) is 5.92 Å². The predicted molar refractivity (Wildman–Crippen MR) is 87.1 cm³/mol. The first-order valence-corrected chi connectivity index (χ1v) is 7.97. The SMILES string of the molecule is C[C@@H]([C@H](c1ccccc1)C(C#N)CN1CCCC1)N(C)C. The molecule has 1 aromatic carbocycles. The molecule has 0 radical (unpaired) electrons. The highest BCUT2D eigenvalue weighted by Gasteiger charge is 2.31. The fourth-order valence-corrected chi connectivity index (χ4v) is 3.32. The highest BCUT2D eigenvalue weighted by molar-refractivity contribution is 5.24. The molecule has 0 saturated carbocycles. The Kier molecular flexibility index (Phi) is 5.78. The van der Waals surface area contributed by atoms with Crippen LogP contribution in [-0.2, 0) is 0 Å². The molecular formula is C18H27N3. The molecule has 0 N–H and O–H groups in total. The molecule has 3 heteroatoms. The van der Waals surface area contributed by atoms with Crippen LogP contribution in [0.5, 0.6) is 0 Å². The standard InChI is InChI=1S/C18H27N3/c1-15(20(2)3)18(16-9-5-4-6-10-16)17(13-19)14-21-11-7-8-12-21/h4-6,9-10,15,17-18H,7-8,11-12,14H2,1-3H3/t15-,17?,18+/m0/s1. The molecule has 2 rings (SSSR count). The molecule has 0 spiro atoms. The van der Waals surface area contributed by atoms with Crippen LogP contribution < -0.4 is 0 Å². The van der Waals surface area contributed by atoms with Gasteiger partial charge in [-0.15, -0.1) is 0 Å². The number of rotatable bonds is 6. The van der Waals surface area contributed by atoms with E-state index in [-0.39, 0.29) is 11.8 Å². The second kappa shape index (κ2) is 7.59. The molecule has 114 valence electrons. The third kappa shape index (κ3) is 4.06. The van der Waals surface area contributed by atoms with Gasteiger partial charge in [-0.05, 0) is 52.5 Å². The van der Waals surface area contributed by atoms with Gasteiger partial charge in [-0.3, -0.25) is 0 Å². The molecule has 0 aliphatic carbocycles. The number of hydrogen-bond acceptors (Lipinski definition) is 3. The molecule has 1 unspecified atom stereocenters. The molecular weight excluding hydrogens is 258 g/mol. The fourth-order valence-electron chi connectivity index (χ4n) is 3.32. The Morgan fingerprint density at radius 1 is 1.19 bits per heavy atom. The summed E-state index contributed by atoms with van der Waals surface area (Å²) in [6.07, 6.45) is 2.55. The molecule has 1 fully saturated rings. The van der Waals surface area contributed by atoms with E-state index >= 15 is 0 Å². The zero-order chi connectivity index (χ0) is 15.2. The summed E-state index contributed by atoms with van der Waals surface area (Å²) in [5.41, 5.74) is 1.28. The van der Waals surface area contributed by atoms with E-state index in [1.807, 2.05) is 6.07 Å². The lowest BCUT2D eigenvalue weighted by atomic mass is 9.81. The van der Waals surface area contributed by atoms with Crippen molar-refractivity contribution < 1.29 is 0 Å². The molecule has 3 nitrogen and oxygen atoms in total. The summed E-state index contributed by atoms with van der Waals surface area (Å²) in [5, 5.41) is 9.75. The average molecular weight is 285 g/mol. The summed E-state index contributed by atoms with van der Waals surface area (Å²) < 4.78 is 0. The summed E-state index contributed by atoms with van der Waals surface area (Å²) >= 11 is 0. The van der Waals surface area contributed by atoms with Crippen molar-refractivity contribution in [2.75, 3.05) is 33.7 Å². The van der Waals surface area contributed by atoms with Crippen molar-refractivity contribution in [3.8, 4) is 6.07 Å². The highest BCUT2D eigenvalue weighted by Crippen LogP contribution is 2.31. The number of nitrogens with zero attached hydrogens (tertiary/aromatic N) is 3. The first kappa shape index (κ1) is 16.0. The maximum atomic E-state index is 9.75. The maximum absolute atomic E-state index is 9.75. The summed E-state index contributed by atoms with van der Waals surface area (Å²) in [6, 6.07) is 13.5. The zero-order valence-electron chi connectivity index (χ0n) is 13.5. The molecule has 0 bridgehead atoms. The predicted octanol–water partition coefficient (Wildman–Crippen LogP) is 2.96. The summed E-state index contributed by atoms with van der Waals surface area (Å²) in [7, 11) is 4.20. The van der Waals surface area contributed by atoms with Crippen molar-refractivity contribution in [1.82, 2.24) is 9.80 Å². The molecule has 3 atom stereocenters. The third-order valence-electron chi connectivity index (χ3n) is 4.77. The van der Waals surface area contributed by atoms with Crippen molar-refractivity contribution >= 4 is 0 Å². The fraction of sp³-hybridized carbons (Fsp3) is 0.611. The van der Waals surface area contributed by atoms with E-state index in [1.165, 1.54) is 18.4 Å². The van der Waals surface area contributed by atoms with Crippen molar-refractivity contribution in [3.63, 3.8) is 0 Å². The Hall–Kier alpha value is -1.37. The lowest BCUT2D eigenvalue weighted by molar-refractivity contribution is 0.210. The van der Waals surface area contributed by atoms with Crippen LogP contribution in [0.15, 0.2) is 30.3 Å². The minimum Gasteiger partial charge on any atom is -0.306 e. The van der Waals surface area contributed by atoms with Crippen LogP contribution in [-0.4, -0.2) is 49.6 Å². The number of benzene rings is 1. The normalized spacial score (nSPS) is 20.1. The maximum Gasteiger partial charge on any atom is 0.0676 e. The van der Waals surface area contributed by atoms with Crippen LogP contribution in [0.2, 0.25) is 0 Å². The van der Waals surface area contributed by atoms with Gasteiger partial charge in [-0.1, -0.05) is 30.3 Å². The van der Waals surface area contributed by atoms with Gasteiger partial charge in [0.1, 0.15) is 0 Å². The Bertz CT molecular complexity index is 457. The van der Waals surface area contributed by atoms with Gasteiger partial charge in [-0.25, -0.2) is 0 Å². The first-order valence-electron chi connectivity index (χ1n) is 7.97. The first-order chi connectivity index (χ1) is 10.1. The van der Waals surface area contributed by atoms with E-state index in [2.05, 4.69) is 61.2 Å². The van der Waals surface area contributed by atoms with E-state index in [4.69, 9.17) is 0 Å². The Balaban J connectivity index is 2.22. The summed E-state index contributed by atoms with van der Waals surface area (Å²) in [5.74, 6) is 0.301. The number of nitriles is 1. The largest absolute Gasteiger partial charge is 0.306 e. The third-order valence-corrected chi connectivity index (χ3v) is 4.77. The number of likely N-dealkylation sites (tertiary alicyclic amines) is 1. The van der Waals surface area contributed by atoms with E-state index in [0.29, 0.717) is 6.04 Å². The van der Waals surface area contributed by atoms with E-state index in [0.717, 1.165) is 19.6 Å². The van der Waals surface area contributed by atoms with Gasteiger partial charge >= 0.3 is 0 Å². The van der Waals surface area contributed by atoms with Gasteiger partial charge in [0, 0.05) is 18.5 Å². The van der Waals surface area contributed by atoms with Gasteiger partial charge in [0.05, 0.1) is 12.0 Å². The molecule has 1 aliphatic heterocycles. The Labute approximate surface area is 129 Å². The van der Waals surface area contributed by atoms with Gasteiger partial charge in [0.2, 0.25) is 0 Å². The zero-order valence-corrected chi connectivity index (χ0v) is 13.5. The van der Waals surface area contributed by atoms with Crippen LogP contribution in [0.3, 0.4) is 0 Å². The second-order valence-corrected chi connectivity index (χ2v) is 6.38. The lowest BCUT2D eigenvalue weighted by Crippen LogP contribution is -2.39. The Morgan fingerprint density at radius 2 is 1.81 bits per heavy atom. The van der Waals surface area contributed by atoms with E-state index < -0.39 is 0 Å². The molecule has 0 amide bonds. The van der Waals surface area contributed by atoms with Crippen LogP contribution in [0.4, 0.5) is 0 Å². The molecule has 1 aromatic rings. The van der Waals surface area contributed by atoms with Gasteiger partial charge in [0.25, 0.3) is 0 Å². The van der Waals surface area contributed by atoms with Crippen LogP contribution >= 0.6 is 0 Å². The molecule has 21 heavy (non-hydrogen) atoms. The number of hydrogen-bond donors (Lipinski definition) is 0. The topological polar surface area (TPSA) is 30.3 Å². The van der Waals surface area contributed by atoms with Crippen LogP contribution in [0, 0.1) is 17.2 Å². The molecule has 1 aliphatic rings.